The topological polar surface area (TPSA) is 16.1 Å². The fourth-order valence-corrected chi connectivity index (χ4v) is 8.56. The van der Waals surface area contributed by atoms with Crippen molar-refractivity contribution in [3.63, 3.8) is 0 Å². The van der Waals surface area contributed by atoms with Crippen molar-refractivity contribution in [3.8, 4) is 11.1 Å². The van der Waals surface area contributed by atoms with Crippen LogP contribution in [0.2, 0.25) is 0 Å². The number of rotatable bonds is 4. The van der Waals surface area contributed by atoms with Gasteiger partial charge in [0.15, 0.2) is 0 Å². The highest BCUT2D eigenvalue weighted by atomic mass is 32.1. The minimum atomic E-state index is 1.13. The third-order valence-corrected chi connectivity index (χ3v) is 10.6. The number of hydrogen-bond acceptors (Lipinski definition) is 4. The second-order valence-corrected chi connectivity index (χ2v) is 13.0. The molecule has 0 radical (unpaired) electrons. The average Bonchev–Trinajstić information content (AvgIpc) is 3.62. The van der Waals surface area contributed by atoms with Crippen molar-refractivity contribution in [1.82, 2.24) is 4.98 Å². The van der Waals surface area contributed by atoms with Gasteiger partial charge in [0.1, 0.15) is 0 Å². The van der Waals surface area contributed by atoms with Gasteiger partial charge in [0.25, 0.3) is 0 Å². The SMILES string of the molecule is c1ccc(N(c2ccc(-c3cccc4sc5cc6ccncc6cc5c34)cc2)c2ccc3sc4ccccc4c3c2)cc1. The van der Waals surface area contributed by atoms with Crippen LogP contribution < -0.4 is 4.90 Å². The van der Waals surface area contributed by atoms with Crippen molar-refractivity contribution in [2.24, 2.45) is 0 Å². The van der Waals surface area contributed by atoms with Gasteiger partial charge in [-0.15, -0.1) is 22.7 Å². The summed E-state index contributed by atoms with van der Waals surface area (Å²) in [6.45, 7) is 0. The van der Waals surface area contributed by atoms with Crippen LogP contribution in [0, 0.1) is 0 Å². The van der Waals surface area contributed by atoms with Crippen molar-refractivity contribution in [2.75, 3.05) is 4.90 Å². The Labute approximate surface area is 256 Å². The summed E-state index contributed by atoms with van der Waals surface area (Å²) in [6, 6.07) is 48.6. The molecule has 0 saturated heterocycles. The Balaban J connectivity index is 1.19. The van der Waals surface area contributed by atoms with Crippen LogP contribution in [0.15, 0.2) is 146 Å². The fourth-order valence-electron chi connectivity index (χ4n) is 6.32. The summed E-state index contributed by atoms with van der Waals surface area (Å²) < 4.78 is 5.25. The molecule has 3 aromatic heterocycles. The summed E-state index contributed by atoms with van der Waals surface area (Å²) in [7, 11) is 0. The Morgan fingerprint density at radius 1 is 0.465 bits per heavy atom. The van der Waals surface area contributed by atoms with Crippen LogP contribution in [0.4, 0.5) is 17.1 Å². The molecule has 43 heavy (non-hydrogen) atoms. The van der Waals surface area contributed by atoms with E-state index in [0.29, 0.717) is 0 Å². The molecule has 202 valence electrons. The highest BCUT2D eigenvalue weighted by molar-refractivity contribution is 7.26. The van der Waals surface area contributed by atoms with E-state index in [1.165, 1.54) is 62.2 Å². The molecular formula is C39H24N2S2. The molecule has 4 heteroatoms. The minimum absolute atomic E-state index is 1.13. The predicted octanol–water partition coefficient (Wildman–Crippen LogP) is 12.1. The van der Waals surface area contributed by atoms with Crippen LogP contribution in [0.1, 0.15) is 0 Å². The number of benzene rings is 6. The van der Waals surface area contributed by atoms with Crippen LogP contribution in [0.5, 0.6) is 0 Å². The second-order valence-electron chi connectivity index (χ2n) is 10.8. The van der Waals surface area contributed by atoms with Gasteiger partial charge in [-0.25, -0.2) is 0 Å². The largest absolute Gasteiger partial charge is 0.310 e. The molecule has 0 atom stereocenters. The lowest BCUT2D eigenvalue weighted by molar-refractivity contribution is 1.29. The Morgan fingerprint density at radius 2 is 1.21 bits per heavy atom. The first-order valence-corrected chi connectivity index (χ1v) is 16.0. The van der Waals surface area contributed by atoms with Gasteiger partial charge in [-0.3, -0.25) is 4.98 Å². The molecule has 9 aromatic rings. The van der Waals surface area contributed by atoms with Crippen LogP contribution in [0.3, 0.4) is 0 Å². The fraction of sp³-hybridized carbons (Fsp3) is 0. The smallest absolute Gasteiger partial charge is 0.0468 e. The van der Waals surface area contributed by atoms with Crippen molar-refractivity contribution in [1.29, 1.82) is 0 Å². The number of nitrogens with zero attached hydrogens (tertiary/aromatic N) is 2. The van der Waals surface area contributed by atoms with Gasteiger partial charge in [-0.2, -0.15) is 0 Å². The number of hydrogen-bond donors (Lipinski definition) is 0. The highest BCUT2D eigenvalue weighted by Crippen LogP contribution is 2.43. The van der Waals surface area contributed by atoms with E-state index in [2.05, 4.69) is 143 Å². The van der Waals surface area contributed by atoms with E-state index in [0.717, 1.165) is 17.1 Å². The second kappa shape index (κ2) is 9.77. The first-order valence-electron chi connectivity index (χ1n) is 14.4. The van der Waals surface area contributed by atoms with Gasteiger partial charge in [0.2, 0.25) is 0 Å². The third-order valence-electron chi connectivity index (χ3n) is 8.32. The van der Waals surface area contributed by atoms with Crippen LogP contribution in [-0.4, -0.2) is 4.98 Å². The van der Waals surface area contributed by atoms with Crippen LogP contribution in [0.25, 0.3) is 62.2 Å². The number of para-hydroxylation sites is 1. The maximum atomic E-state index is 4.37. The standard InChI is InChI=1S/C39H24N2S2/c1-2-7-28(8-3-1)41(30-17-18-36-33(23-30)32-9-4-5-11-35(32)42-36)29-15-13-25(14-16-29)31-10-6-12-37-39(31)34-21-27-24-40-20-19-26(27)22-38(34)43-37/h1-24H. The first-order chi connectivity index (χ1) is 21.3. The van der Waals surface area contributed by atoms with Crippen molar-refractivity contribution in [2.45, 2.75) is 0 Å². The van der Waals surface area contributed by atoms with Gasteiger partial charge in [0.05, 0.1) is 0 Å². The number of aromatic nitrogens is 1. The molecule has 3 heterocycles. The summed E-state index contributed by atoms with van der Waals surface area (Å²) in [5, 5.41) is 7.63. The van der Waals surface area contributed by atoms with E-state index in [1.54, 1.807) is 0 Å². The lowest BCUT2D eigenvalue weighted by Gasteiger charge is -2.26. The van der Waals surface area contributed by atoms with Crippen molar-refractivity contribution >= 4 is 90.9 Å². The number of pyridine rings is 1. The summed E-state index contributed by atoms with van der Waals surface area (Å²) in [6.07, 6.45) is 3.83. The zero-order valence-corrected chi connectivity index (χ0v) is 24.7. The molecule has 6 aromatic carbocycles. The normalized spacial score (nSPS) is 11.7. The summed E-state index contributed by atoms with van der Waals surface area (Å²) in [4.78, 5) is 6.73. The van der Waals surface area contributed by atoms with E-state index in [1.807, 2.05) is 35.1 Å². The van der Waals surface area contributed by atoms with Crippen LogP contribution >= 0.6 is 22.7 Å². The first kappa shape index (κ1) is 24.6. The maximum Gasteiger partial charge on any atom is 0.0468 e. The predicted molar refractivity (Wildman–Crippen MR) is 188 cm³/mol. The van der Waals surface area contributed by atoms with E-state index >= 15 is 0 Å². The zero-order chi connectivity index (χ0) is 28.3. The molecule has 0 N–H and O–H groups in total. The Kier molecular flexibility index (Phi) is 5.58. The van der Waals surface area contributed by atoms with Crippen molar-refractivity contribution in [3.05, 3.63) is 146 Å². The third kappa shape index (κ3) is 4.03. The summed E-state index contributed by atoms with van der Waals surface area (Å²) >= 11 is 3.72. The van der Waals surface area contributed by atoms with E-state index in [9.17, 15) is 0 Å². The molecule has 0 fully saturated rings. The molecular weight excluding hydrogens is 561 g/mol. The number of fused-ring (bicyclic) bond motifs is 7. The lowest BCUT2D eigenvalue weighted by Crippen LogP contribution is -2.09. The highest BCUT2D eigenvalue weighted by Gasteiger charge is 2.16. The van der Waals surface area contributed by atoms with Crippen LogP contribution in [-0.2, 0) is 0 Å². The maximum absolute atomic E-state index is 4.37. The molecule has 0 amide bonds. The monoisotopic (exact) mass is 584 g/mol. The zero-order valence-electron chi connectivity index (χ0n) is 23.1. The number of anilines is 3. The lowest BCUT2D eigenvalue weighted by atomic mass is 9.98. The quantitative estimate of drug-likeness (QED) is 0.205. The molecule has 0 saturated carbocycles. The van der Waals surface area contributed by atoms with Gasteiger partial charge >= 0.3 is 0 Å². The average molecular weight is 585 g/mol. The Hall–Kier alpha value is -5.03. The van der Waals surface area contributed by atoms with Gasteiger partial charge in [0, 0.05) is 75.2 Å². The molecule has 9 rings (SSSR count). The van der Waals surface area contributed by atoms with E-state index < -0.39 is 0 Å². The van der Waals surface area contributed by atoms with E-state index in [-0.39, 0.29) is 0 Å². The minimum Gasteiger partial charge on any atom is -0.310 e. The molecule has 0 unspecified atom stereocenters. The van der Waals surface area contributed by atoms with Gasteiger partial charge in [-0.05, 0) is 89.3 Å². The van der Waals surface area contributed by atoms with Crippen molar-refractivity contribution < 1.29 is 0 Å². The summed E-state index contributed by atoms with van der Waals surface area (Å²) in [5.74, 6) is 0. The Morgan fingerprint density at radius 3 is 2.12 bits per heavy atom. The van der Waals surface area contributed by atoms with E-state index in [4.69, 9.17) is 0 Å². The molecule has 2 nitrogen and oxygen atoms in total. The Bertz CT molecular complexity index is 2450. The molecule has 0 bridgehead atoms. The summed E-state index contributed by atoms with van der Waals surface area (Å²) in [5.41, 5.74) is 5.90. The van der Waals surface area contributed by atoms with Gasteiger partial charge < -0.3 is 4.90 Å². The molecule has 0 aliphatic heterocycles. The number of thiophene rings is 2. The molecule has 0 aliphatic carbocycles. The van der Waals surface area contributed by atoms with Gasteiger partial charge in [-0.1, -0.05) is 60.7 Å². The molecule has 0 aliphatic rings. The molecule has 0 spiro atoms.